The van der Waals surface area contributed by atoms with Gasteiger partial charge in [-0.25, -0.2) is 5.43 Å². The number of benzene rings is 2. The summed E-state index contributed by atoms with van der Waals surface area (Å²) in [5.41, 5.74) is 9.92. The molecule has 0 aliphatic rings. The Morgan fingerprint density at radius 1 is 0.852 bits per heavy atom. The molecule has 0 aromatic heterocycles. The predicted octanol–water partition coefficient (Wildman–Crippen LogP) is 4.10. The van der Waals surface area contributed by atoms with Crippen molar-refractivity contribution in [2.24, 2.45) is 5.10 Å². The van der Waals surface area contributed by atoms with Gasteiger partial charge in [-0.15, -0.1) is 0 Å². The lowest BCUT2D eigenvalue weighted by Gasteiger charge is -2.08. The minimum absolute atomic E-state index is 0.0832. The molecule has 2 aromatic rings. The van der Waals surface area contributed by atoms with Crippen LogP contribution in [0.2, 0.25) is 0 Å². The van der Waals surface area contributed by atoms with Crippen molar-refractivity contribution in [3.8, 4) is 0 Å². The van der Waals surface area contributed by atoms with E-state index in [1.807, 2.05) is 52.8 Å². The van der Waals surface area contributed by atoms with Crippen molar-refractivity contribution in [2.45, 2.75) is 47.5 Å². The van der Waals surface area contributed by atoms with Crippen LogP contribution in [0.3, 0.4) is 0 Å². The Morgan fingerprint density at radius 3 is 2.11 bits per heavy atom. The molecule has 2 aromatic carbocycles. The third kappa shape index (κ3) is 6.06. The molecule has 0 atom stereocenters. The van der Waals surface area contributed by atoms with Gasteiger partial charge in [-0.1, -0.05) is 23.8 Å². The molecule has 2 rings (SSSR count). The Labute approximate surface area is 160 Å². The smallest absolute Gasteiger partial charge is 0.240 e. The van der Waals surface area contributed by atoms with Crippen molar-refractivity contribution < 1.29 is 9.59 Å². The molecule has 0 spiro atoms. The van der Waals surface area contributed by atoms with Crippen LogP contribution in [0.1, 0.15) is 46.2 Å². The predicted molar refractivity (Wildman–Crippen MR) is 110 cm³/mol. The number of amides is 2. The molecule has 0 radical (unpaired) electrons. The van der Waals surface area contributed by atoms with Crippen LogP contribution in [-0.4, -0.2) is 18.0 Å². The lowest BCUT2D eigenvalue weighted by atomic mass is 10.0. The highest BCUT2D eigenvalue weighted by Crippen LogP contribution is 2.15. The highest BCUT2D eigenvalue weighted by Gasteiger charge is 2.08. The molecule has 27 heavy (non-hydrogen) atoms. The Balaban J connectivity index is 1.82. The van der Waals surface area contributed by atoms with Crippen LogP contribution < -0.4 is 10.7 Å². The molecule has 0 aliphatic heterocycles. The van der Waals surface area contributed by atoms with E-state index in [1.54, 1.807) is 6.21 Å². The summed E-state index contributed by atoms with van der Waals surface area (Å²) in [6.07, 6.45) is 1.84. The summed E-state index contributed by atoms with van der Waals surface area (Å²) >= 11 is 0. The molecule has 0 bridgehead atoms. The number of hydrogen-bond acceptors (Lipinski definition) is 3. The molecule has 0 aliphatic carbocycles. The lowest BCUT2D eigenvalue weighted by Crippen LogP contribution is -2.20. The average Bonchev–Trinajstić information content (AvgIpc) is 2.58. The number of aryl methyl sites for hydroxylation is 5. The Hall–Kier alpha value is -2.95. The zero-order valence-electron chi connectivity index (χ0n) is 16.6. The van der Waals surface area contributed by atoms with Crippen molar-refractivity contribution >= 4 is 23.7 Å². The molecule has 0 fully saturated rings. The van der Waals surface area contributed by atoms with Gasteiger partial charge in [-0.3, -0.25) is 9.59 Å². The molecular formula is C22H27N3O2. The standard InChI is InChI=1S/C22H27N3O2/c1-14-10-17(4)20(18(5)11-14)13-23-25-22(27)9-8-21(26)24-19-7-6-15(2)16(3)12-19/h6-7,10-13H,8-9H2,1-5H3,(H,24,26)(H,25,27). The van der Waals surface area contributed by atoms with Crippen molar-refractivity contribution in [2.75, 3.05) is 5.32 Å². The van der Waals surface area contributed by atoms with Crippen LogP contribution in [0.15, 0.2) is 35.4 Å². The van der Waals surface area contributed by atoms with Gasteiger partial charge in [-0.05, 0) is 69.0 Å². The van der Waals surface area contributed by atoms with Gasteiger partial charge < -0.3 is 5.32 Å². The maximum absolute atomic E-state index is 12.0. The van der Waals surface area contributed by atoms with E-state index in [4.69, 9.17) is 0 Å². The molecular weight excluding hydrogens is 338 g/mol. The van der Waals surface area contributed by atoms with E-state index in [-0.39, 0.29) is 24.7 Å². The molecule has 0 saturated heterocycles. The fourth-order valence-electron chi connectivity index (χ4n) is 2.89. The van der Waals surface area contributed by atoms with E-state index in [2.05, 4.69) is 28.0 Å². The maximum Gasteiger partial charge on any atom is 0.240 e. The summed E-state index contributed by atoms with van der Waals surface area (Å²) in [4.78, 5) is 23.9. The van der Waals surface area contributed by atoms with Gasteiger partial charge in [0, 0.05) is 24.1 Å². The molecule has 2 N–H and O–H groups in total. The number of nitrogens with one attached hydrogen (secondary N) is 2. The third-order valence-electron chi connectivity index (χ3n) is 4.49. The first-order valence-corrected chi connectivity index (χ1v) is 9.03. The summed E-state index contributed by atoms with van der Waals surface area (Å²) in [5.74, 6) is -0.480. The number of hydrazone groups is 1. The monoisotopic (exact) mass is 365 g/mol. The largest absolute Gasteiger partial charge is 0.326 e. The third-order valence-corrected chi connectivity index (χ3v) is 4.49. The summed E-state index contributed by atoms with van der Waals surface area (Å²) in [5, 5.41) is 6.83. The molecule has 0 saturated carbocycles. The van der Waals surface area contributed by atoms with E-state index >= 15 is 0 Å². The highest BCUT2D eigenvalue weighted by molar-refractivity contribution is 5.93. The zero-order valence-corrected chi connectivity index (χ0v) is 16.6. The number of nitrogens with zero attached hydrogens (tertiary/aromatic N) is 1. The van der Waals surface area contributed by atoms with E-state index in [0.717, 1.165) is 27.9 Å². The highest BCUT2D eigenvalue weighted by atomic mass is 16.2. The first kappa shape index (κ1) is 20.4. The van der Waals surface area contributed by atoms with E-state index in [1.165, 1.54) is 11.1 Å². The van der Waals surface area contributed by atoms with Crippen molar-refractivity contribution in [1.29, 1.82) is 0 Å². The summed E-state index contributed by atoms with van der Waals surface area (Å²) < 4.78 is 0. The second kappa shape index (κ2) is 9.12. The Kier molecular flexibility index (Phi) is 6.88. The van der Waals surface area contributed by atoms with Crippen LogP contribution in [0.25, 0.3) is 0 Å². The van der Waals surface area contributed by atoms with Crippen LogP contribution >= 0.6 is 0 Å². The van der Waals surface area contributed by atoms with Gasteiger partial charge in [0.25, 0.3) is 0 Å². The molecule has 5 heteroatoms. The fraction of sp³-hybridized carbons (Fsp3) is 0.318. The molecule has 5 nitrogen and oxygen atoms in total. The van der Waals surface area contributed by atoms with Gasteiger partial charge >= 0.3 is 0 Å². The summed E-state index contributed by atoms with van der Waals surface area (Å²) in [7, 11) is 0. The number of anilines is 1. The minimum atomic E-state index is -0.288. The van der Waals surface area contributed by atoms with Gasteiger partial charge in [0.15, 0.2) is 0 Å². The minimum Gasteiger partial charge on any atom is -0.326 e. The van der Waals surface area contributed by atoms with Crippen LogP contribution in [0.4, 0.5) is 5.69 Å². The topological polar surface area (TPSA) is 70.6 Å². The van der Waals surface area contributed by atoms with E-state index in [0.29, 0.717) is 0 Å². The van der Waals surface area contributed by atoms with Crippen molar-refractivity contribution in [3.63, 3.8) is 0 Å². The average molecular weight is 365 g/mol. The van der Waals surface area contributed by atoms with E-state index < -0.39 is 0 Å². The summed E-state index contributed by atoms with van der Waals surface area (Å²) in [6, 6.07) is 9.89. The van der Waals surface area contributed by atoms with Gasteiger partial charge in [-0.2, -0.15) is 5.10 Å². The molecule has 0 heterocycles. The molecule has 0 unspecified atom stereocenters. The zero-order chi connectivity index (χ0) is 20.0. The normalized spacial score (nSPS) is 10.9. The van der Waals surface area contributed by atoms with Crippen LogP contribution in [0.5, 0.6) is 0 Å². The first-order chi connectivity index (χ1) is 12.8. The second-order valence-corrected chi connectivity index (χ2v) is 6.95. The second-order valence-electron chi connectivity index (χ2n) is 6.95. The van der Waals surface area contributed by atoms with Crippen LogP contribution in [0, 0.1) is 34.6 Å². The SMILES string of the molecule is Cc1cc(C)c(C=NNC(=O)CCC(=O)Nc2ccc(C)c(C)c2)c(C)c1. The van der Waals surface area contributed by atoms with E-state index in [9.17, 15) is 9.59 Å². The first-order valence-electron chi connectivity index (χ1n) is 9.03. The molecule has 142 valence electrons. The van der Waals surface area contributed by atoms with Gasteiger partial charge in [0.05, 0.1) is 6.21 Å². The van der Waals surface area contributed by atoms with Crippen molar-refractivity contribution in [1.82, 2.24) is 5.43 Å². The fourth-order valence-corrected chi connectivity index (χ4v) is 2.89. The quantitative estimate of drug-likeness (QED) is 0.598. The van der Waals surface area contributed by atoms with Crippen molar-refractivity contribution in [3.05, 3.63) is 63.7 Å². The maximum atomic E-state index is 12.0. The van der Waals surface area contributed by atoms with Gasteiger partial charge in [0.2, 0.25) is 11.8 Å². The lowest BCUT2D eigenvalue weighted by molar-refractivity contribution is -0.124. The Bertz CT molecular complexity index is 862. The summed E-state index contributed by atoms with van der Waals surface area (Å²) in [6.45, 7) is 10.1. The number of rotatable bonds is 6. The number of carbonyl (C=O) groups excluding carboxylic acids is 2. The number of hydrogen-bond donors (Lipinski definition) is 2. The molecule has 2 amide bonds. The Morgan fingerprint density at radius 2 is 1.48 bits per heavy atom. The van der Waals surface area contributed by atoms with Gasteiger partial charge in [0.1, 0.15) is 0 Å². The number of carbonyl (C=O) groups is 2. The van der Waals surface area contributed by atoms with Crippen LogP contribution in [-0.2, 0) is 9.59 Å².